The Bertz CT molecular complexity index is 253. The lowest BCUT2D eigenvalue weighted by Crippen LogP contribution is -1.77. The van der Waals surface area contributed by atoms with Crippen molar-refractivity contribution in [2.24, 2.45) is 4.99 Å². The number of allylic oxidation sites excluding steroid dienone is 1. The van der Waals surface area contributed by atoms with E-state index in [4.69, 9.17) is 0 Å². The number of hydrogen-bond donors (Lipinski definition) is 0. The molecule has 0 N–H and O–H groups in total. The van der Waals surface area contributed by atoms with Gasteiger partial charge in [0.05, 0.1) is 5.70 Å². The SMILES string of the molecule is CCCCCC(C)=C=C(C)N=C=O. The van der Waals surface area contributed by atoms with Gasteiger partial charge in [-0.25, -0.2) is 4.79 Å². The van der Waals surface area contributed by atoms with Crippen molar-refractivity contribution in [1.29, 1.82) is 0 Å². The lowest BCUT2D eigenvalue weighted by molar-refractivity contribution is 0.564. The summed E-state index contributed by atoms with van der Waals surface area (Å²) >= 11 is 0. The van der Waals surface area contributed by atoms with E-state index in [0.717, 1.165) is 12.0 Å². The summed E-state index contributed by atoms with van der Waals surface area (Å²) in [5.41, 5.74) is 4.82. The summed E-state index contributed by atoms with van der Waals surface area (Å²) in [5.74, 6) is 0. The molecule has 0 unspecified atom stereocenters. The van der Waals surface area contributed by atoms with Crippen molar-refractivity contribution >= 4 is 6.08 Å². The normalized spacial score (nSPS) is 8.54. The van der Waals surface area contributed by atoms with E-state index in [0.29, 0.717) is 5.70 Å². The molecule has 0 spiro atoms. The van der Waals surface area contributed by atoms with Crippen molar-refractivity contribution in [3.8, 4) is 0 Å². The average molecular weight is 179 g/mol. The van der Waals surface area contributed by atoms with Crippen LogP contribution in [0.1, 0.15) is 46.5 Å². The van der Waals surface area contributed by atoms with Crippen LogP contribution in [0.3, 0.4) is 0 Å². The van der Waals surface area contributed by atoms with Gasteiger partial charge >= 0.3 is 0 Å². The van der Waals surface area contributed by atoms with Gasteiger partial charge in [-0.15, -0.1) is 0 Å². The van der Waals surface area contributed by atoms with Gasteiger partial charge in [-0.05, 0) is 32.3 Å². The molecule has 0 aromatic rings. The maximum Gasteiger partial charge on any atom is 0.240 e. The molecule has 0 rings (SSSR count). The zero-order valence-corrected chi connectivity index (χ0v) is 8.68. The Kier molecular flexibility index (Phi) is 6.91. The fraction of sp³-hybridized carbons (Fsp3) is 0.636. The average Bonchev–Trinajstić information content (AvgIpc) is 2.05. The predicted octanol–water partition coefficient (Wildman–Crippen LogP) is 3.35. The molecular weight excluding hydrogens is 162 g/mol. The van der Waals surface area contributed by atoms with Crippen molar-refractivity contribution < 1.29 is 4.79 Å². The number of isocyanates is 1. The number of carbonyl (C=O) groups excluding carboxylic acids is 1. The molecule has 2 heteroatoms. The van der Waals surface area contributed by atoms with Crippen LogP contribution in [-0.4, -0.2) is 6.08 Å². The minimum Gasteiger partial charge on any atom is -0.211 e. The Morgan fingerprint density at radius 1 is 1.31 bits per heavy atom. The van der Waals surface area contributed by atoms with Gasteiger partial charge in [-0.3, -0.25) is 0 Å². The summed E-state index contributed by atoms with van der Waals surface area (Å²) < 4.78 is 0. The first-order chi connectivity index (χ1) is 6.20. The van der Waals surface area contributed by atoms with Crippen LogP contribution in [-0.2, 0) is 4.79 Å². The maximum absolute atomic E-state index is 9.90. The summed E-state index contributed by atoms with van der Waals surface area (Å²) in [6, 6.07) is 0. The second kappa shape index (κ2) is 7.54. The van der Waals surface area contributed by atoms with Crippen LogP contribution in [0, 0.1) is 0 Å². The summed E-state index contributed by atoms with van der Waals surface area (Å²) in [6.45, 7) is 5.95. The highest BCUT2D eigenvalue weighted by Gasteiger charge is 1.89. The van der Waals surface area contributed by atoms with E-state index in [9.17, 15) is 4.79 Å². The third kappa shape index (κ3) is 7.27. The molecule has 0 atom stereocenters. The van der Waals surface area contributed by atoms with Crippen molar-refractivity contribution in [3.05, 3.63) is 17.0 Å². The van der Waals surface area contributed by atoms with Crippen molar-refractivity contribution in [2.45, 2.75) is 46.5 Å². The van der Waals surface area contributed by atoms with Crippen molar-refractivity contribution in [2.75, 3.05) is 0 Å². The Morgan fingerprint density at radius 3 is 2.54 bits per heavy atom. The first-order valence-corrected chi connectivity index (χ1v) is 4.71. The van der Waals surface area contributed by atoms with E-state index >= 15 is 0 Å². The van der Waals surface area contributed by atoms with Gasteiger partial charge < -0.3 is 0 Å². The number of aliphatic imine (C=N–C) groups is 1. The molecule has 72 valence electrons. The fourth-order valence-electron chi connectivity index (χ4n) is 1.11. The highest BCUT2D eigenvalue weighted by Crippen LogP contribution is 2.07. The summed E-state index contributed by atoms with van der Waals surface area (Å²) in [4.78, 5) is 13.4. The quantitative estimate of drug-likeness (QED) is 0.275. The minimum atomic E-state index is 0.615. The zero-order chi connectivity index (χ0) is 10.1. The first kappa shape index (κ1) is 11.9. The lowest BCUT2D eigenvalue weighted by atomic mass is 10.1. The van der Waals surface area contributed by atoms with Gasteiger partial charge in [0.15, 0.2) is 0 Å². The Morgan fingerprint density at radius 2 is 2.00 bits per heavy atom. The van der Waals surface area contributed by atoms with Crippen LogP contribution in [0.4, 0.5) is 0 Å². The summed E-state index contributed by atoms with van der Waals surface area (Å²) in [7, 11) is 0. The number of unbranched alkanes of at least 4 members (excludes halogenated alkanes) is 2. The summed E-state index contributed by atoms with van der Waals surface area (Å²) in [5, 5.41) is 0. The zero-order valence-electron chi connectivity index (χ0n) is 8.68. The van der Waals surface area contributed by atoms with Gasteiger partial charge in [-0.2, -0.15) is 4.99 Å². The van der Waals surface area contributed by atoms with Crippen LogP contribution in [0.2, 0.25) is 0 Å². The second-order valence-electron chi connectivity index (χ2n) is 3.15. The van der Waals surface area contributed by atoms with E-state index in [2.05, 4.69) is 17.6 Å². The molecule has 0 aliphatic rings. The standard InChI is InChI=1S/C11H17NO/c1-4-5-6-7-10(2)8-11(3)12-9-13/h4-7H2,1-3H3. The second-order valence-corrected chi connectivity index (χ2v) is 3.15. The van der Waals surface area contributed by atoms with Crippen LogP contribution < -0.4 is 0 Å². The first-order valence-electron chi connectivity index (χ1n) is 4.71. The van der Waals surface area contributed by atoms with Gasteiger partial charge in [0, 0.05) is 0 Å². The van der Waals surface area contributed by atoms with Crippen LogP contribution in [0.25, 0.3) is 0 Å². The third-order valence-electron chi connectivity index (χ3n) is 1.76. The molecule has 13 heavy (non-hydrogen) atoms. The van der Waals surface area contributed by atoms with E-state index in [1.54, 1.807) is 6.92 Å². The fourth-order valence-corrected chi connectivity index (χ4v) is 1.11. The van der Waals surface area contributed by atoms with Crippen molar-refractivity contribution in [1.82, 2.24) is 0 Å². The number of rotatable bonds is 5. The monoisotopic (exact) mass is 179 g/mol. The van der Waals surface area contributed by atoms with Crippen LogP contribution in [0.5, 0.6) is 0 Å². The molecule has 0 bridgehead atoms. The van der Waals surface area contributed by atoms with E-state index < -0.39 is 0 Å². The molecule has 0 aromatic heterocycles. The highest BCUT2D eigenvalue weighted by molar-refractivity contribution is 5.36. The maximum atomic E-state index is 9.90. The molecule has 0 aliphatic heterocycles. The van der Waals surface area contributed by atoms with Gasteiger partial charge in [0.1, 0.15) is 0 Å². The molecule has 0 heterocycles. The van der Waals surface area contributed by atoms with E-state index in [1.165, 1.54) is 25.3 Å². The number of nitrogens with zero attached hydrogens (tertiary/aromatic N) is 1. The van der Waals surface area contributed by atoms with Gasteiger partial charge in [-0.1, -0.05) is 25.5 Å². The van der Waals surface area contributed by atoms with Gasteiger partial charge in [0.25, 0.3) is 0 Å². The molecule has 0 fully saturated rings. The van der Waals surface area contributed by atoms with E-state index in [1.807, 2.05) is 6.92 Å². The molecular formula is C11H17NO. The van der Waals surface area contributed by atoms with Crippen molar-refractivity contribution in [3.63, 3.8) is 0 Å². The smallest absolute Gasteiger partial charge is 0.211 e. The van der Waals surface area contributed by atoms with Gasteiger partial charge in [0.2, 0.25) is 6.08 Å². The highest BCUT2D eigenvalue weighted by atomic mass is 16.1. The molecule has 0 amide bonds. The molecule has 0 saturated carbocycles. The summed E-state index contributed by atoms with van der Waals surface area (Å²) in [6.07, 6.45) is 6.20. The molecule has 0 aliphatic carbocycles. The Balaban J connectivity index is 4.13. The largest absolute Gasteiger partial charge is 0.240 e. The lowest BCUT2D eigenvalue weighted by Gasteiger charge is -1.95. The van der Waals surface area contributed by atoms with Crippen LogP contribution >= 0.6 is 0 Å². The molecule has 0 aromatic carbocycles. The van der Waals surface area contributed by atoms with E-state index in [-0.39, 0.29) is 0 Å². The molecule has 0 saturated heterocycles. The van der Waals surface area contributed by atoms with Crippen LogP contribution in [0.15, 0.2) is 22.0 Å². The molecule has 0 radical (unpaired) electrons. The Labute approximate surface area is 80.1 Å². The topological polar surface area (TPSA) is 29.4 Å². The number of hydrogen-bond acceptors (Lipinski definition) is 2. The Hall–Kier alpha value is -1.10. The predicted molar refractivity (Wildman–Crippen MR) is 54.2 cm³/mol. The minimum absolute atomic E-state index is 0.615. The molecule has 2 nitrogen and oxygen atoms in total. The third-order valence-corrected chi connectivity index (χ3v) is 1.76.